The molecule has 0 heterocycles. The van der Waals surface area contributed by atoms with Crippen LogP contribution >= 0.6 is 15.9 Å². The Hall–Kier alpha value is -2.44. The van der Waals surface area contributed by atoms with Gasteiger partial charge in [0, 0.05) is 22.8 Å². The average Bonchev–Trinajstić information content (AvgIpc) is 2.63. The van der Waals surface area contributed by atoms with Crippen molar-refractivity contribution in [3.8, 4) is 0 Å². The number of nitrogens with one attached hydrogen (secondary N) is 1. The zero-order valence-corrected chi connectivity index (χ0v) is 17.0. The van der Waals surface area contributed by atoms with Gasteiger partial charge >= 0.3 is 5.97 Å². The number of amides is 1. The van der Waals surface area contributed by atoms with Gasteiger partial charge in [-0.2, -0.15) is 0 Å². The van der Waals surface area contributed by atoms with E-state index in [0.717, 1.165) is 15.6 Å². The fourth-order valence-corrected chi connectivity index (χ4v) is 2.70. The molecule has 1 N–H and O–H groups in total. The molecule has 0 aliphatic rings. The number of ether oxygens (including phenoxy) is 1. The topological polar surface area (TPSA) is 58.6 Å². The minimum absolute atomic E-state index is 0.0792. The molecule has 6 heteroatoms. The Morgan fingerprint density at radius 3 is 2.41 bits per heavy atom. The van der Waals surface area contributed by atoms with E-state index in [9.17, 15) is 9.59 Å². The number of benzene rings is 2. The van der Waals surface area contributed by atoms with Crippen LogP contribution in [0.5, 0.6) is 0 Å². The first-order valence-corrected chi connectivity index (χ1v) is 9.43. The molecule has 0 fully saturated rings. The molecule has 0 bridgehead atoms. The van der Waals surface area contributed by atoms with Crippen LogP contribution in [0.4, 0.5) is 5.69 Å². The van der Waals surface area contributed by atoms with Gasteiger partial charge in [0.25, 0.3) is 0 Å². The molecule has 0 saturated carbocycles. The number of carbonyl (C=O) groups excluding carboxylic acids is 2. The summed E-state index contributed by atoms with van der Waals surface area (Å²) in [6.45, 7) is 3.10. The van der Waals surface area contributed by atoms with E-state index in [4.69, 9.17) is 4.74 Å². The second kappa shape index (κ2) is 10.6. The lowest BCUT2D eigenvalue weighted by atomic mass is 10.2. The van der Waals surface area contributed by atoms with Crippen molar-refractivity contribution in [1.29, 1.82) is 0 Å². The molecule has 5 nitrogen and oxygen atoms in total. The Bertz CT molecular complexity index is 786. The van der Waals surface area contributed by atoms with Gasteiger partial charge in [-0.3, -0.25) is 9.69 Å². The Balaban J connectivity index is 1.82. The zero-order valence-electron chi connectivity index (χ0n) is 15.4. The van der Waals surface area contributed by atoms with E-state index < -0.39 is 0 Å². The summed E-state index contributed by atoms with van der Waals surface area (Å²) >= 11 is 3.41. The molecule has 0 aliphatic carbocycles. The molecule has 2 rings (SSSR count). The van der Waals surface area contributed by atoms with Gasteiger partial charge in [0.1, 0.15) is 0 Å². The summed E-state index contributed by atoms with van der Waals surface area (Å²) in [5.41, 5.74) is 2.71. The number of hydrogen-bond donors (Lipinski definition) is 1. The Kier molecular flexibility index (Phi) is 8.23. The summed E-state index contributed by atoms with van der Waals surface area (Å²) in [6, 6.07) is 15.3. The smallest absolute Gasteiger partial charge is 0.330 e. The highest BCUT2D eigenvalue weighted by Crippen LogP contribution is 2.13. The van der Waals surface area contributed by atoms with Crippen molar-refractivity contribution in [2.24, 2.45) is 0 Å². The van der Waals surface area contributed by atoms with Crippen molar-refractivity contribution >= 4 is 39.6 Å². The van der Waals surface area contributed by atoms with E-state index >= 15 is 0 Å². The lowest BCUT2D eigenvalue weighted by Crippen LogP contribution is -2.29. The van der Waals surface area contributed by atoms with E-state index in [2.05, 4.69) is 21.2 Å². The van der Waals surface area contributed by atoms with E-state index in [1.165, 1.54) is 6.08 Å². The molecule has 27 heavy (non-hydrogen) atoms. The largest absolute Gasteiger partial charge is 0.463 e. The third-order valence-electron chi connectivity index (χ3n) is 3.67. The maximum Gasteiger partial charge on any atom is 0.330 e. The minimum atomic E-state index is -0.372. The van der Waals surface area contributed by atoms with Gasteiger partial charge in [0.15, 0.2) is 0 Å². The molecule has 0 aliphatic heterocycles. The molecule has 142 valence electrons. The predicted molar refractivity (Wildman–Crippen MR) is 111 cm³/mol. The molecule has 0 aromatic heterocycles. The van der Waals surface area contributed by atoms with Crippen molar-refractivity contribution in [2.75, 3.05) is 25.5 Å². The summed E-state index contributed by atoms with van der Waals surface area (Å²) in [6.07, 6.45) is 3.06. The number of rotatable bonds is 8. The third-order valence-corrected chi connectivity index (χ3v) is 4.20. The van der Waals surface area contributed by atoms with Crippen molar-refractivity contribution < 1.29 is 14.3 Å². The lowest BCUT2D eigenvalue weighted by molar-refractivity contribution is -0.137. The molecule has 1 amide bonds. The van der Waals surface area contributed by atoms with Crippen LogP contribution < -0.4 is 5.32 Å². The van der Waals surface area contributed by atoms with E-state index in [1.54, 1.807) is 25.1 Å². The van der Waals surface area contributed by atoms with Gasteiger partial charge in [-0.05, 0) is 55.4 Å². The molecule has 2 aromatic rings. The predicted octanol–water partition coefficient (Wildman–Crippen LogP) is 4.10. The quantitative estimate of drug-likeness (QED) is 0.505. The molecule has 0 radical (unpaired) electrons. The highest BCUT2D eigenvalue weighted by Gasteiger charge is 2.08. The van der Waals surface area contributed by atoms with Crippen molar-refractivity contribution in [3.63, 3.8) is 0 Å². The zero-order chi connectivity index (χ0) is 19.6. The van der Waals surface area contributed by atoms with Crippen LogP contribution in [0.3, 0.4) is 0 Å². The Morgan fingerprint density at radius 1 is 1.11 bits per heavy atom. The maximum atomic E-state index is 12.2. The van der Waals surface area contributed by atoms with Crippen molar-refractivity contribution in [1.82, 2.24) is 4.90 Å². The van der Waals surface area contributed by atoms with E-state index in [1.807, 2.05) is 48.3 Å². The fourth-order valence-electron chi connectivity index (χ4n) is 2.44. The number of likely N-dealkylation sites (N-methyl/N-ethyl adjacent to an activating group) is 1. The molecule has 0 spiro atoms. The molecular weight excluding hydrogens is 408 g/mol. The van der Waals surface area contributed by atoms with E-state index in [0.29, 0.717) is 25.4 Å². The average molecular weight is 431 g/mol. The van der Waals surface area contributed by atoms with Gasteiger partial charge in [-0.25, -0.2) is 4.79 Å². The second-order valence-corrected chi connectivity index (χ2v) is 6.97. The third kappa shape index (κ3) is 7.76. The fraction of sp³-hybridized carbons (Fsp3) is 0.238. The molecular formula is C21H23BrN2O3. The number of halogens is 1. The molecule has 0 atom stereocenters. The number of anilines is 1. The number of carbonyl (C=O) groups is 2. The van der Waals surface area contributed by atoms with Gasteiger partial charge in [0.05, 0.1) is 13.2 Å². The highest BCUT2D eigenvalue weighted by molar-refractivity contribution is 9.10. The van der Waals surface area contributed by atoms with Crippen molar-refractivity contribution in [3.05, 3.63) is 70.2 Å². The minimum Gasteiger partial charge on any atom is -0.463 e. The molecule has 2 aromatic carbocycles. The van der Waals surface area contributed by atoms with Gasteiger partial charge < -0.3 is 10.1 Å². The standard InChI is InChI=1S/C21H23BrN2O3/c1-3-27-21(26)13-8-16-6-11-19(12-7-16)23-20(25)15-24(2)14-17-4-9-18(22)10-5-17/h4-13H,3,14-15H2,1-2H3,(H,23,25). The lowest BCUT2D eigenvalue weighted by Gasteiger charge is -2.16. The molecule has 0 unspecified atom stereocenters. The SMILES string of the molecule is CCOC(=O)C=Cc1ccc(NC(=O)CN(C)Cc2ccc(Br)cc2)cc1. The Labute approximate surface area is 168 Å². The summed E-state index contributed by atoms with van der Waals surface area (Å²) in [7, 11) is 1.91. The van der Waals surface area contributed by atoms with Crippen LogP contribution in [-0.2, 0) is 20.9 Å². The first-order valence-electron chi connectivity index (χ1n) is 8.64. The van der Waals surface area contributed by atoms with Crippen LogP contribution in [0.25, 0.3) is 6.08 Å². The monoisotopic (exact) mass is 430 g/mol. The summed E-state index contributed by atoms with van der Waals surface area (Å²) < 4.78 is 5.87. The Morgan fingerprint density at radius 2 is 1.78 bits per heavy atom. The van der Waals surface area contributed by atoms with Crippen LogP contribution in [0, 0.1) is 0 Å². The summed E-state index contributed by atoms with van der Waals surface area (Å²) in [5.74, 6) is -0.451. The molecule has 0 saturated heterocycles. The van der Waals surface area contributed by atoms with Gasteiger partial charge in [-0.15, -0.1) is 0 Å². The number of hydrogen-bond acceptors (Lipinski definition) is 4. The van der Waals surface area contributed by atoms with Gasteiger partial charge in [-0.1, -0.05) is 40.2 Å². The normalized spacial score (nSPS) is 11.0. The van der Waals surface area contributed by atoms with Crippen LogP contribution in [-0.4, -0.2) is 37.0 Å². The van der Waals surface area contributed by atoms with Gasteiger partial charge in [0.2, 0.25) is 5.91 Å². The van der Waals surface area contributed by atoms with Crippen LogP contribution in [0.1, 0.15) is 18.1 Å². The first-order chi connectivity index (χ1) is 13.0. The van der Waals surface area contributed by atoms with Crippen molar-refractivity contribution in [2.45, 2.75) is 13.5 Å². The maximum absolute atomic E-state index is 12.2. The van der Waals surface area contributed by atoms with Crippen LogP contribution in [0.2, 0.25) is 0 Å². The second-order valence-electron chi connectivity index (χ2n) is 6.05. The van der Waals surface area contributed by atoms with E-state index in [-0.39, 0.29) is 11.9 Å². The summed E-state index contributed by atoms with van der Waals surface area (Å²) in [4.78, 5) is 25.5. The van der Waals surface area contributed by atoms with Crippen LogP contribution in [0.15, 0.2) is 59.1 Å². The summed E-state index contributed by atoms with van der Waals surface area (Å²) in [5, 5.41) is 2.88. The highest BCUT2D eigenvalue weighted by atomic mass is 79.9. The number of esters is 1. The first kappa shape index (κ1) is 20.9. The number of nitrogens with zero attached hydrogens (tertiary/aromatic N) is 1.